The van der Waals surface area contributed by atoms with Gasteiger partial charge in [-0.3, -0.25) is 0 Å². The quantitative estimate of drug-likeness (QED) is 0.726. The number of nitrogens with one attached hydrogen (secondary N) is 1. The van der Waals surface area contributed by atoms with Gasteiger partial charge in [0.1, 0.15) is 0 Å². The lowest BCUT2D eigenvalue weighted by Gasteiger charge is -2.08. The zero-order chi connectivity index (χ0) is 8.81. The summed E-state index contributed by atoms with van der Waals surface area (Å²) < 4.78 is 0. The minimum atomic E-state index is 0.422. The van der Waals surface area contributed by atoms with Gasteiger partial charge in [0.2, 0.25) is 0 Å². The maximum absolute atomic E-state index is 5.65. The van der Waals surface area contributed by atoms with Gasteiger partial charge < -0.3 is 5.32 Å². The maximum Gasteiger partial charge on any atom is 0.0374 e. The molecule has 1 aromatic rings. The zero-order valence-electron chi connectivity index (χ0n) is 7.22. The minimum Gasteiger partial charge on any atom is -0.313 e. The smallest absolute Gasteiger partial charge is 0.0374 e. The molecule has 0 aliphatic heterocycles. The molecule has 68 valence electrons. The molecule has 0 saturated carbocycles. The fraction of sp³-hybridized carbons (Fsp3) is 0.556. The molecule has 1 aromatic heterocycles. The summed E-state index contributed by atoms with van der Waals surface area (Å²) >= 11 is 7.40. The molecule has 12 heavy (non-hydrogen) atoms. The van der Waals surface area contributed by atoms with Gasteiger partial charge in [0.05, 0.1) is 0 Å². The summed E-state index contributed by atoms with van der Waals surface area (Å²) in [7, 11) is 0. The monoisotopic (exact) mass is 203 g/mol. The van der Waals surface area contributed by atoms with Crippen molar-refractivity contribution in [1.82, 2.24) is 5.32 Å². The molecule has 0 aromatic carbocycles. The van der Waals surface area contributed by atoms with Crippen LogP contribution in [0.5, 0.6) is 0 Å². The van der Waals surface area contributed by atoms with Crippen molar-refractivity contribution in [2.75, 3.05) is 12.4 Å². The largest absolute Gasteiger partial charge is 0.313 e. The van der Waals surface area contributed by atoms with E-state index in [-0.39, 0.29) is 0 Å². The molecular weight excluding hydrogens is 190 g/mol. The lowest BCUT2D eigenvalue weighted by molar-refractivity contribution is 0.595. The van der Waals surface area contributed by atoms with Crippen LogP contribution in [-0.4, -0.2) is 18.5 Å². The van der Waals surface area contributed by atoms with E-state index in [1.807, 2.05) is 0 Å². The number of halogens is 1. The second-order valence-corrected chi connectivity index (χ2v) is 3.98. The van der Waals surface area contributed by atoms with E-state index in [0.717, 1.165) is 13.0 Å². The Balaban J connectivity index is 2.11. The topological polar surface area (TPSA) is 12.0 Å². The number of hydrogen-bond acceptors (Lipinski definition) is 2. The first-order valence-corrected chi connectivity index (χ1v) is 5.61. The third-order valence-corrected chi connectivity index (χ3v) is 2.91. The molecule has 0 radical (unpaired) electrons. The van der Waals surface area contributed by atoms with Gasteiger partial charge in [-0.05, 0) is 42.3 Å². The minimum absolute atomic E-state index is 0.422. The van der Waals surface area contributed by atoms with Gasteiger partial charge in [-0.2, -0.15) is 11.3 Å². The zero-order valence-corrected chi connectivity index (χ0v) is 8.79. The molecule has 1 unspecified atom stereocenters. The normalized spacial score (nSPS) is 13.2. The van der Waals surface area contributed by atoms with Crippen LogP contribution < -0.4 is 5.32 Å². The molecule has 1 rings (SSSR count). The third-order valence-electron chi connectivity index (χ3n) is 1.72. The molecule has 0 saturated heterocycles. The number of rotatable bonds is 5. The van der Waals surface area contributed by atoms with E-state index in [1.54, 1.807) is 11.3 Å². The highest BCUT2D eigenvalue weighted by Gasteiger charge is 1.97. The summed E-state index contributed by atoms with van der Waals surface area (Å²) in [5.74, 6) is 0.684. The molecule has 1 heterocycles. The van der Waals surface area contributed by atoms with E-state index in [4.69, 9.17) is 11.6 Å². The Morgan fingerprint density at radius 3 is 3.08 bits per heavy atom. The molecule has 0 aliphatic rings. The second-order valence-electron chi connectivity index (χ2n) is 2.89. The van der Waals surface area contributed by atoms with Crippen LogP contribution in [0.25, 0.3) is 0 Å². The van der Waals surface area contributed by atoms with Gasteiger partial charge in [-0.15, -0.1) is 11.6 Å². The Labute approximate surface area is 82.7 Å². The van der Waals surface area contributed by atoms with Gasteiger partial charge in [-0.25, -0.2) is 0 Å². The van der Waals surface area contributed by atoms with Crippen molar-refractivity contribution in [3.63, 3.8) is 0 Å². The van der Waals surface area contributed by atoms with Crippen molar-refractivity contribution in [2.45, 2.75) is 19.4 Å². The summed E-state index contributed by atoms with van der Waals surface area (Å²) in [5.41, 5.74) is 1.41. The van der Waals surface area contributed by atoms with Gasteiger partial charge in [0, 0.05) is 11.9 Å². The molecule has 1 nitrogen and oxygen atoms in total. The van der Waals surface area contributed by atoms with E-state index in [2.05, 4.69) is 29.1 Å². The average Bonchev–Trinajstić information content (AvgIpc) is 2.57. The van der Waals surface area contributed by atoms with Crippen molar-refractivity contribution in [1.29, 1.82) is 0 Å². The highest BCUT2D eigenvalue weighted by molar-refractivity contribution is 7.07. The standard InChI is InChI=1S/C9H14ClNS/c1-8(6-10)11-4-2-9-3-5-12-7-9/h3,5,7-8,11H,2,4,6H2,1H3. The van der Waals surface area contributed by atoms with Crippen molar-refractivity contribution >= 4 is 22.9 Å². The Morgan fingerprint density at radius 2 is 2.50 bits per heavy atom. The van der Waals surface area contributed by atoms with Crippen LogP contribution in [0, 0.1) is 0 Å². The number of hydrogen-bond donors (Lipinski definition) is 1. The highest BCUT2D eigenvalue weighted by Crippen LogP contribution is 2.05. The van der Waals surface area contributed by atoms with Crippen LogP contribution >= 0.6 is 22.9 Å². The summed E-state index contributed by atoms with van der Waals surface area (Å²) in [6.07, 6.45) is 1.10. The van der Waals surface area contributed by atoms with Gasteiger partial charge in [-0.1, -0.05) is 0 Å². The van der Waals surface area contributed by atoms with Gasteiger partial charge in [0.15, 0.2) is 0 Å². The van der Waals surface area contributed by atoms with Crippen LogP contribution in [0.2, 0.25) is 0 Å². The molecule has 1 N–H and O–H groups in total. The lowest BCUT2D eigenvalue weighted by atomic mass is 10.2. The average molecular weight is 204 g/mol. The fourth-order valence-corrected chi connectivity index (χ4v) is 1.76. The second kappa shape index (κ2) is 5.57. The lowest BCUT2D eigenvalue weighted by Crippen LogP contribution is -2.29. The van der Waals surface area contributed by atoms with E-state index in [0.29, 0.717) is 11.9 Å². The summed E-state index contributed by atoms with van der Waals surface area (Å²) in [6.45, 7) is 3.12. The predicted octanol–water partition coefficient (Wildman–Crippen LogP) is 2.51. The first-order chi connectivity index (χ1) is 5.83. The van der Waals surface area contributed by atoms with Crippen LogP contribution in [-0.2, 0) is 6.42 Å². The summed E-state index contributed by atoms with van der Waals surface area (Å²) in [5, 5.41) is 7.64. The predicted molar refractivity (Wildman–Crippen MR) is 56.2 cm³/mol. The Hall–Kier alpha value is -0.0500. The maximum atomic E-state index is 5.65. The van der Waals surface area contributed by atoms with Crippen LogP contribution in [0.1, 0.15) is 12.5 Å². The van der Waals surface area contributed by atoms with Crippen LogP contribution in [0.15, 0.2) is 16.8 Å². The Kier molecular flexibility index (Phi) is 4.66. The van der Waals surface area contributed by atoms with E-state index >= 15 is 0 Å². The first-order valence-electron chi connectivity index (χ1n) is 4.13. The van der Waals surface area contributed by atoms with Gasteiger partial charge >= 0.3 is 0 Å². The molecule has 1 atom stereocenters. The summed E-state index contributed by atoms with van der Waals surface area (Å²) in [4.78, 5) is 0. The first kappa shape index (κ1) is 10.0. The Morgan fingerprint density at radius 1 is 1.67 bits per heavy atom. The van der Waals surface area contributed by atoms with Crippen LogP contribution in [0.3, 0.4) is 0 Å². The fourth-order valence-electron chi connectivity index (χ4n) is 0.952. The van der Waals surface area contributed by atoms with E-state index in [9.17, 15) is 0 Å². The van der Waals surface area contributed by atoms with Crippen LogP contribution in [0.4, 0.5) is 0 Å². The molecular formula is C9H14ClNS. The molecule has 0 amide bonds. The van der Waals surface area contributed by atoms with E-state index < -0.39 is 0 Å². The van der Waals surface area contributed by atoms with Crippen molar-refractivity contribution in [2.24, 2.45) is 0 Å². The van der Waals surface area contributed by atoms with Crippen molar-refractivity contribution < 1.29 is 0 Å². The summed E-state index contributed by atoms with van der Waals surface area (Å²) in [6, 6.07) is 2.59. The number of thiophene rings is 1. The van der Waals surface area contributed by atoms with Crippen molar-refractivity contribution in [3.8, 4) is 0 Å². The SMILES string of the molecule is CC(CCl)NCCc1ccsc1. The molecule has 0 bridgehead atoms. The van der Waals surface area contributed by atoms with Crippen molar-refractivity contribution in [3.05, 3.63) is 22.4 Å². The molecule has 0 fully saturated rings. The molecule has 3 heteroatoms. The number of alkyl halides is 1. The molecule has 0 spiro atoms. The molecule has 0 aliphatic carbocycles. The van der Waals surface area contributed by atoms with Gasteiger partial charge in [0.25, 0.3) is 0 Å². The highest BCUT2D eigenvalue weighted by atomic mass is 35.5. The third kappa shape index (κ3) is 3.57. The Bertz CT molecular complexity index is 198. The van der Waals surface area contributed by atoms with E-state index in [1.165, 1.54) is 5.56 Å².